The number of carboxylic acids is 1. The molecular weight excluding hydrogens is 429 g/mol. The lowest BCUT2D eigenvalue weighted by atomic mass is 9.86. The summed E-state index contributed by atoms with van der Waals surface area (Å²) in [5, 5.41) is 8.72. The van der Waals surface area contributed by atoms with Gasteiger partial charge in [-0.05, 0) is 49.6 Å². The van der Waals surface area contributed by atoms with Crippen LogP contribution in [0.3, 0.4) is 0 Å². The maximum Gasteiger partial charge on any atom is 0.303 e. The van der Waals surface area contributed by atoms with E-state index in [-0.39, 0.29) is 25.0 Å². The third kappa shape index (κ3) is 5.79. The topological polar surface area (TPSA) is 80.0 Å². The van der Waals surface area contributed by atoms with Crippen molar-refractivity contribution >= 4 is 19.7 Å². The second kappa shape index (κ2) is 10.9. The van der Waals surface area contributed by atoms with Crippen molar-refractivity contribution in [3.63, 3.8) is 0 Å². The van der Waals surface area contributed by atoms with Crippen LogP contribution in [0.5, 0.6) is 5.75 Å². The molecular formula is C27H26BNO5. The van der Waals surface area contributed by atoms with Crippen molar-refractivity contribution in [3.8, 4) is 17.1 Å². The molecule has 0 aliphatic heterocycles. The quantitative estimate of drug-likeness (QED) is 0.317. The van der Waals surface area contributed by atoms with Crippen molar-refractivity contribution in [2.45, 2.75) is 37.7 Å². The van der Waals surface area contributed by atoms with Crippen molar-refractivity contribution in [1.29, 1.82) is 0 Å². The minimum Gasteiger partial charge on any atom is -0.489 e. The fourth-order valence-corrected chi connectivity index (χ4v) is 3.78. The molecule has 0 saturated heterocycles. The Hall–Kier alpha value is -3.74. The highest BCUT2D eigenvalue weighted by Crippen LogP contribution is 2.37. The van der Waals surface area contributed by atoms with Gasteiger partial charge in [0, 0.05) is 35.1 Å². The molecule has 1 heterocycles. The number of para-hydroxylation sites is 1. The zero-order valence-electron chi connectivity index (χ0n) is 18.8. The van der Waals surface area contributed by atoms with E-state index in [2.05, 4.69) is 0 Å². The van der Waals surface area contributed by atoms with Gasteiger partial charge in [0.05, 0.1) is 6.26 Å². The fraction of sp³-hybridized carbons (Fsp3) is 0.259. The standard InChI is InChI=1S/C27H26BNO5/c28-26(22-7-3-4-8-24(22)34-17-5-1-2-10-25(30)31)29(21-15-16-21)27(32)20-13-11-19(12-14-20)23-9-6-18-33-23/h1,3-9,11-14,18,21,26H,2,10,15-17H2,(H,30,31)/b5-1-. The summed E-state index contributed by atoms with van der Waals surface area (Å²) in [6.07, 6.45) is 7.55. The molecule has 4 rings (SSSR count). The molecule has 34 heavy (non-hydrogen) atoms. The van der Waals surface area contributed by atoms with Crippen LogP contribution in [0.1, 0.15) is 47.5 Å². The number of rotatable bonds is 11. The SMILES string of the molecule is [B]C(c1ccccc1OC/C=C\CCC(=O)O)N(C(=O)c1ccc(-c2ccco2)cc1)C1CC1. The summed E-state index contributed by atoms with van der Waals surface area (Å²) in [4.78, 5) is 25.8. The Morgan fingerprint density at radius 1 is 1.09 bits per heavy atom. The summed E-state index contributed by atoms with van der Waals surface area (Å²) in [5.74, 6) is -0.258. The first-order valence-corrected chi connectivity index (χ1v) is 11.4. The Kier molecular flexibility index (Phi) is 7.53. The molecule has 0 bridgehead atoms. The molecule has 172 valence electrons. The van der Waals surface area contributed by atoms with E-state index in [9.17, 15) is 9.59 Å². The zero-order chi connectivity index (χ0) is 23.9. The molecule has 1 aromatic heterocycles. The average Bonchev–Trinajstić information content (AvgIpc) is 3.52. The summed E-state index contributed by atoms with van der Waals surface area (Å²) < 4.78 is 11.3. The van der Waals surface area contributed by atoms with Gasteiger partial charge in [-0.3, -0.25) is 9.59 Å². The monoisotopic (exact) mass is 455 g/mol. The van der Waals surface area contributed by atoms with Crippen LogP contribution >= 0.6 is 0 Å². The molecule has 0 spiro atoms. The first kappa shape index (κ1) is 23.4. The third-order valence-electron chi connectivity index (χ3n) is 5.68. The van der Waals surface area contributed by atoms with Crippen LogP contribution in [0, 0.1) is 0 Å². The van der Waals surface area contributed by atoms with Crippen LogP contribution in [0.15, 0.2) is 83.5 Å². The summed E-state index contributed by atoms with van der Waals surface area (Å²) in [5.41, 5.74) is 2.20. The lowest BCUT2D eigenvalue weighted by Gasteiger charge is -2.31. The lowest BCUT2D eigenvalue weighted by Crippen LogP contribution is -2.37. The van der Waals surface area contributed by atoms with E-state index in [0.29, 0.717) is 17.7 Å². The number of amides is 1. The predicted molar refractivity (Wildman–Crippen MR) is 130 cm³/mol. The van der Waals surface area contributed by atoms with Gasteiger partial charge in [-0.25, -0.2) is 0 Å². The van der Waals surface area contributed by atoms with Crippen LogP contribution in [-0.4, -0.2) is 42.4 Å². The van der Waals surface area contributed by atoms with Crippen LogP contribution in [0.4, 0.5) is 0 Å². The number of nitrogens with zero attached hydrogens (tertiary/aromatic N) is 1. The summed E-state index contributed by atoms with van der Waals surface area (Å²) in [6, 6.07) is 18.6. The number of benzene rings is 2. The number of carboxylic acid groups (broad SMARTS) is 1. The Morgan fingerprint density at radius 3 is 2.53 bits per heavy atom. The summed E-state index contributed by atoms with van der Waals surface area (Å²) >= 11 is 0. The number of ether oxygens (including phenoxy) is 1. The molecule has 1 unspecified atom stereocenters. The predicted octanol–water partition coefficient (Wildman–Crippen LogP) is 5.22. The summed E-state index contributed by atoms with van der Waals surface area (Å²) in [6.45, 7) is 0.287. The molecule has 1 atom stereocenters. The van der Waals surface area contributed by atoms with E-state index >= 15 is 0 Å². The van der Waals surface area contributed by atoms with Gasteiger partial charge in [-0.15, -0.1) is 0 Å². The molecule has 2 aromatic carbocycles. The Bertz CT molecular complexity index is 1140. The van der Waals surface area contributed by atoms with E-state index in [4.69, 9.17) is 22.1 Å². The van der Waals surface area contributed by atoms with Gasteiger partial charge < -0.3 is 19.2 Å². The molecule has 3 aromatic rings. The number of furan rings is 1. The molecule has 1 aliphatic rings. The summed E-state index contributed by atoms with van der Waals surface area (Å²) in [7, 11) is 6.64. The molecule has 1 fully saturated rings. The Morgan fingerprint density at radius 2 is 1.85 bits per heavy atom. The highest BCUT2D eigenvalue weighted by molar-refractivity contribution is 6.14. The third-order valence-corrected chi connectivity index (χ3v) is 5.68. The van der Waals surface area contributed by atoms with Gasteiger partial charge in [0.1, 0.15) is 26.0 Å². The highest BCUT2D eigenvalue weighted by atomic mass is 16.5. The van der Waals surface area contributed by atoms with E-state index in [1.807, 2.05) is 48.5 Å². The van der Waals surface area contributed by atoms with Crippen LogP contribution in [0.25, 0.3) is 11.3 Å². The molecule has 6 nitrogen and oxygen atoms in total. The maximum absolute atomic E-state index is 13.5. The van der Waals surface area contributed by atoms with Crippen LogP contribution < -0.4 is 4.74 Å². The van der Waals surface area contributed by atoms with E-state index in [1.54, 1.807) is 35.4 Å². The van der Waals surface area contributed by atoms with Crippen molar-refractivity contribution < 1.29 is 23.8 Å². The van der Waals surface area contributed by atoms with Gasteiger partial charge in [0.2, 0.25) is 0 Å². The number of aliphatic carboxylic acids is 1. The normalized spacial score (nSPS) is 14.1. The van der Waals surface area contributed by atoms with Gasteiger partial charge in [0.25, 0.3) is 5.91 Å². The van der Waals surface area contributed by atoms with Gasteiger partial charge in [0.15, 0.2) is 0 Å². The average molecular weight is 455 g/mol. The number of carbonyl (C=O) groups excluding carboxylic acids is 1. The van der Waals surface area contributed by atoms with E-state index in [1.165, 1.54) is 0 Å². The van der Waals surface area contributed by atoms with Gasteiger partial charge >= 0.3 is 5.97 Å². The molecule has 2 radical (unpaired) electrons. The molecule has 7 heteroatoms. The van der Waals surface area contributed by atoms with Crippen molar-refractivity contribution in [2.24, 2.45) is 0 Å². The molecule has 1 aliphatic carbocycles. The Balaban J connectivity index is 1.47. The van der Waals surface area contributed by atoms with Crippen LogP contribution in [0.2, 0.25) is 0 Å². The largest absolute Gasteiger partial charge is 0.489 e. The minimum atomic E-state index is -0.831. The Labute approximate surface area is 200 Å². The van der Waals surface area contributed by atoms with Crippen molar-refractivity contribution in [1.82, 2.24) is 4.90 Å². The van der Waals surface area contributed by atoms with E-state index in [0.717, 1.165) is 29.7 Å². The maximum atomic E-state index is 13.5. The molecule has 1 saturated carbocycles. The number of hydrogen-bond acceptors (Lipinski definition) is 4. The second-order valence-electron chi connectivity index (χ2n) is 8.20. The zero-order valence-corrected chi connectivity index (χ0v) is 18.8. The lowest BCUT2D eigenvalue weighted by molar-refractivity contribution is -0.136. The van der Waals surface area contributed by atoms with Gasteiger partial charge in [-0.2, -0.15) is 0 Å². The van der Waals surface area contributed by atoms with E-state index < -0.39 is 11.9 Å². The van der Waals surface area contributed by atoms with Crippen molar-refractivity contribution in [3.05, 3.63) is 90.2 Å². The minimum absolute atomic E-state index is 0.0823. The first-order valence-electron chi connectivity index (χ1n) is 11.4. The van der Waals surface area contributed by atoms with Crippen LogP contribution in [-0.2, 0) is 4.79 Å². The first-order chi connectivity index (χ1) is 16.5. The fourth-order valence-electron chi connectivity index (χ4n) is 3.78. The smallest absolute Gasteiger partial charge is 0.303 e. The van der Waals surface area contributed by atoms with Crippen molar-refractivity contribution in [2.75, 3.05) is 6.61 Å². The number of allylic oxidation sites excluding steroid dienone is 1. The highest BCUT2D eigenvalue weighted by Gasteiger charge is 2.37. The second-order valence-corrected chi connectivity index (χ2v) is 8.20. The van der Waals surface area contributed by atoms with Gasteiger partial charge in [-0.1, -0.05) is 42.5 Å². The number of carbonyl (C=O) groups is 2. The molecule has 1 N–H and O–H groups in total. The molecule has 1 amide bonds. The number of hydrogen-bond donors (Lipinski definition) is 1.